The molecule has 0 radical (unpaired) electrons. The number of carbonyl (C=O) groups excluding carboxylic acids is 2. The van der Waals surface area contributed by atoms with Gasteiger partial charge in [-0.05, 0) is 114 Å². The lowest BCUT2D eigenvalue weighted by molar-refractivity contribution is 0.0114. The van der Waals surface area contributed by atoms with Crippen LogP contribution >= 0.6 is 0 Å². The van der Waals surface area contributed by atoms with E-state index < -0.39 is 11.6 Å². The van der Waals surface area contributed by atoms with E-state index in [1.54, 1.807) is 12.1 Å². The van der Waals surface area contributed by atoms with Crippen LogP contribution in [0, 0.1) is 13.8 Å². The number of allylic oxidation sites excluding steroid dienone is 2. The van der Waals surface area contributed by atoms with Crippen molar-refractivity contribution in [3.63, 3.8) is 0 Å². The number of fused-ring (bicyclic) bond motifs is 3. The Labute approximate surface area is 269 Å². The van der Waals surface area contributed by atoms with E-state index >= 15 is 0 Å². The monoisotopic (exact) mass is 602 g/mol. The molecule has 0 aliphatic heterocycles. The van der Waals surface area contributed by atoms with E-state index in [0.29, 0.717) is 29.7 Å². The highest BCUT2D eigenvalue weighted by Crippen LogP contribution is 2.44. The van der Waals surface area contributed by atoms with Crippen molar-refractivity contribution in [2.45, 2.75) is 39.2 Å². The lowest BCUT2D eigenvalue weighted by Crippen LogP contribution is -2.31. The van der Waals surface area contributed by atoms with Crippen molar-refractivity contribution in [3.8, 4) is 28.0 Å². The molecule has 0 heterocycles. The Balaban J connectivity index is 1.01. The minimum atomic E-state index is -0.756. The van der Waals surface area contributed by atoms with E-state index in [4.69, 9.17) is 9.47 Å². The molecule has 0 amide bonds. The first kappa shape index (κ1) is 29.2. The molecule has 2 aliphatic rings. The molecule has 1 unspecified atom stereocenters. The maximum absolute atomic E-state index is 13.2. The number of benzene rings is 5. The highest BCUT2D eigenvalue weighted by molar-refractivity contribution is 5.93. The molecule has 4 nitrogen and oxygen atoms in total. The van der Waals surface area contributed by atoms with Crippen LogP contribution in [0.5, 0.6) is 5.75 Å². The van der Waals surface area contributed by atoms with Gasteiger partial charge in [-0.3, -0.25) is 0 Å². The van der Waals surface area contributed by atoms with Crippen LogP contribution in [-0.2, 0) is 11.2 Å². The van der Waals surface area contributed by atoms with Gasteiger partial charge in [-0.25, -0.2) is 9.59 Å². The van der Waals surface area contributed by atoms with Gasteiger partial charge in [0.1, 0.15) is 11.4 Å². The lowest BCUT2D eigenvalue weighted by atomic mass is 9.88. The topological polar surface area (TPSA) is 52.6 Å². The van der Waals surface area contributed by atoms with E-state index in [2.05, 4.69) is 74.5 Å². The molecule has 0 spiro atoms. The molecule has 7 rings (SSSR count). The van der Waals surface area contributed by atoms with Crippen LogP contribution in [0.1, 0.15) is 56.3 Å². The summed E-state index contributed by atoms with van der Waals surface area (Å²) < 4.78 is 11.8. The lowest BCUT2D eigenvalue weighted by Gasteiger charge is -2.29. The molecule has 0 bridgehead atoms. The van der Waals surface area contributed by atoms with Gasteiger partial charge in [0.05, 0.1) is 11.1 Å². The molecule has 4 heteroatoms. The fourth-order valence-corrected chi connectivity index (χ4v) is 6.22. The molecule has 0 aromatic heterocycles. The predicted octanol–water partition coefficient (Wildman–Crippen LogP) is 9.74. The van der Waals surface area contributed by atoms with Gasteiger partial charge in [-0.1, -0.05) is 96.1 Å². The number of hydrogen-bond acceptors (Lipinski definition) is 4. The number of rotatable bonds is 6. The highest BCUT2D eigenvalue weighted by Gasteiger charge is 2.34. The summed E-state index contributed by atoms with van der Waals surface area (Å²) >= 11 is 0. The molecule has 226 valence electrons. The minimum absolute atomic E-state index is 0.344. The number of ether oxygens (including phenoxy) is 2. The summed E-state index contributed by atoms with van der Waals surface area (Å²) in [6, 6.07) is 37.5. The zero-order valence-corrected chi connectivity index (χ0v) is 26.2. The molecule has 1 atom stereocenters. The van der Waals surface area contributed by atoms with Gasteiger partial charge in [-0.2, -0.15) is 0 Å². The van der Waals surface area contributed by atoms with E-state index in [1.165, 1.54) is 11.1 Å². The summed E-state index contributed by atoms with van der Waals surface area (Å²) in [5.41, 5.74) is 11.5. The molecule has 0 saturated heterocycles. The van der Waals surface area contributed by atoms with Crippen molar-refractivity contribution >= 4 is 17.5 Å². The molecule has 5 aromatic carbocycles. The SMILES string of the molecule is Cc1ccc(-c2ccc(C(=O)Oc3ccc4c(c3)CC3=CC(C)(OC(=O)c5ccc(-c6ccc(C)cc6)cc5)CC=C34)cc2)cc1. The van der Waals surface area contributed by atoms with Crippen molar-refractivity contribution in [2.75, 3.05) is 0 Å². The third-order valence-corrected chi connectivity index (χ3v) is 8.83. The number of aryl methyl sites for hydroxylation is 2. The zero-order valence-electron chi connectivity index (χ0n) is 26.2. The van der Waals surface area contributed by atoms with Crippen LogP contribution in [0.4, 0.5) is 0 Å². The predicted molar refractivity (Wildman–Crippen MR) is 183 cm³/mol. The van der Waals surface area contributed by atoms with Crippen LogP contribution in [-0.4, -0.2) is 17.5 Å². The third kappa shape index (κ3) is 5.94. The van der Waals surface area contributed by atoms with Crippen LogP contribution in [0.3, 0.4) is 0 Å². The molecule has 5 aromatic rings. The summed E-state index contributed by atoms with van der Waals surface area (Å²) in [4.78, 5) is 26.1. The molecule has 46 heavy (non-hydrogen) atoms. The van der Waals surface area contributed by atoms with E-state index in [1.807, 2.05) is 61.5 Å². The second-order valence-electron chi connectivity index (χ2n) is 12.5. The average Bonchev–Trinajstić information content (AvgIpc) is 3.41. The Bertz CT molecular complexity index is 2010. The molecular formula is C42H34O4. The van der Waals surface area contributed by atoms with Crippen molar-refractivity contribution < 1.29 is 19.1 Å². The van der Waals surface area contributed by atoms with E-state index in [0.717, 1.165) is 44.5 Å². The summed E-state index contributed by atoms with van der Waals surface area (Å²) in [6.45, 7) is 6.08. The van der Waals surface area contributed by atoms with Gasteiger partial charge in [-0.15, -0.1) is 0 Å². The maximum Gasteiger partial charge on any atom is 0.343 e. The van der Waals surface area contributed by atoms with Gasteiger partial charge in [0.25, 0.3) is 0 Å². The van der Waals surface area contributed by atoms with Gasteiger partial charge >= 0.3 is 11.9 Å². The number of carbonyl (C=O) groups is 2. The number of hydrogen-bond donors (Lipinski definition) is 0. The second-order valence-corrected chi connectivity index (χ2v) is 12.5. The van der Waals surface area contributed by atoms with Crippen molar-refractivity contribution in [3.05, 3.63) is 166 Å². The fraction of sp³-hybridized carbons (Fsp3) is 0.143. The molecular weight excluding hydrogens is 568 g/mol. The molecule has 0 saturated carbocycles. The molecule has 0 N–H and O–H groups in total. The minimum Gasteiger partial charge on any atom is -0.451 e. The standard InChI is InChI=1S/C42H34O4/c1-27-4-8-29(9-5-27)31-12-16-33(17-13-31)40(43)45-37-20-21-38-35(25-37)24-36-26-42(3,23-22-39(36)38)46-41(44)34-18-14-32(15-19-34)30-10-6-28(2)7-11-30/h4-22,25-26H,23-24H2,1-3H3. The van der Waals surface area contributed by atoms with E-state index in [-0.39, 0.29) is 5.97 Å². The van der Waals surface area contributed by atoms with Crippen molar-refractivity contribution in [1.29, 1.82) is 0 Å². The van der Waals surface area contributed by atoms with Crippen LogP contribution in [0.25, 0.3) is 27.8 Å². The van der Waals surface area contributed by atoms with Gasteiger partial charge < -0.3 is 9.47 Å². The largest absolute Gasteiger partial charge is 0.451 e. The third-order valence-electron chi connectivity index (χ3n) is 8.83. The summed E-state index contributed by atoms with van der Waals surface area (Å²) in [7, 11) is 0. The second kappa shape index (κ2) is 11.8. The first-order valence-corrected chi connectivity index (χ1v) is 15.6. The molecule has 2 aliphatic carbocycles. The van der Waals surface area contributed by atoms with Crippen molar-refractivity contribution in [1.82, 2.24) is 0 Å². The van der Waals surface area contributed by atoms with Gasteiger partial charge in [0.15, 0.2) is 0 Å². The Morgan fingerprint density at radius 2 is 1.13 bits per heavy atom. The van der Waals surface area contributed by atoms with Gasteiger partial charge in [0, 0.05) is 6.42 Å². The smallest absolute Gasteiger partial charge is 0.343 e. The highest BCUT2D eigenvalue weighted by atomic mass is 16.6. The summed E-state index contributed by atoms with van der Waals surface area (Å²) in [5.74, 6) is -0.228. The average molecular weight is 603 g/mol. The Morgan fingerprint density at radius 3 is 1.67 bits per heavy atom. The van der Waals surface area contributed by atoms with Crippen LogP contribution in [0.15, 0.2) is 133 Å². The fourth-order valence-electron chi connectivity index (χ4n) is 6.22. The summed E-state index contributed by atoms with van der Waals surface area (Å²) in [6.07, 6.45) is 5.47. The quantitative estimate of drug-likeness (QED) is 0.143. The normalized spacial score (nSPS) is 16.5. The molecule has 0 fully saturated rings. The number of esters is 2. The zero-order chi connectivity index (χ0) is 31.8. The first-order valence-electron chi connectivity index (χ1n) is 15.6. The first-order chi connectivity index (χ1) is 22.2. The van der Waals surface area contributed by atoms with Crippen molar-refractivity contribution in [2.24, 2.45) is 0 Å². The van der Waals surface area contributed by atoms with Crippen LogP contribution < -0.4 is 4.74 Å². The van der Waals surface area contributed by atoms with Crippen LogP contribution in [0.2, 0.25) is 0 Å². The maximum atomic E-state index is 13.2. The Hall–Kier alpha value is -5.48. The Kier molecular flexibility index (Phi) is 7.50. The Morgan fingerprint density at radius 1 is 0.630 bits per heavy atom. The van der Waals surface area contributed by atoms with E-state index in [9.17, 15) is 9.59 Å². The van der Waals surface area contributed by atoms with Gasteiger partial charge in [0.2, 0.25) is 0 Å². The summed E-state index contributed by atoms with van der Waals surface area (Å²) in [5, 5.41) is 0.